The Morgan fingerprint density at radius 3 is 2.64 bits per heavy atom. The zero-order valence-corrected chi connectivity index (χ0v) is 10.2. The summed E-state index contributed by atoms with van der Waals surface area (Å²) in [5.74, 6) is 0.179. The van der Waals surface area contributed by atoms with E-state index in [4.69, 9.17) is 0 Å². The maximum atomic E-state index is 12.0. The molecule has 0 aromatic carbocycles. The molecule has 0 unspecified atom stereocenters. The molecule has 1 fully saturated rings. The van der Waals surface area contributed by atoms with Gasteiger partial charge in [-0.2, -0.15) is 0 Å². The van der Waals surface area contributed by atoms with E-state index in [0.717, 1.165) is 35.3 Å². The fourth-order valence-electron chi connectivity index (χ4n) is 1.71. The number of piperidine rings is 1. The summed E-state index contributed by atoms with van der Waals surface area (Å²) >= 11 is 4.97. The molecule has 1 aromatic rings. The van der Waals surface area contributed by atoms with Crippen molar-refractivity contribution < 1.29 is 4.79 Å². The van der Waals surface area contributed by atoms with E-state index in [1.807, 2.05) is 16.3 Å². The number of carbonyl (C=O) groups is 1. The van der Waals surface area contributed by atoms with Crippen LogP contribution in [0.25, 0.3) is 0 Å². The maximum absolute atomic E-state index is 12.0. The summed E-state index contributed by atoms with van der Waals surface area (Å²) in [6.45, 7) is 1.84. The molecule has 2 heterocycles. The van der Waals surface area contributed by atoms with Gasteiger partial charge >= 0.3 is 0 Å². The number of rotatable bonds is 1. The van der Waals surface area contributed by atoms with Crippen LogP contribution in [0.3, 0.4) is 0 Å². The lowest BCUT2D eigenvalue weighted by molar-refractivity contribution is 0.0724. The molecule has 76 valence electrons. The summed E-state index contributed by atoms with van der Waals surface area (Å²) in [6.07, 6.45) is 3.55. The Morgan fingerprint density at radius 2 is 2.07 bits per heavy atom. The number of amides is 1. The summed E-state index contributed by atoms with van der Waals surface area (Å²) < 4.78 is 0.952. The SMILES string of the molecule is O=C(c1ccsc1Br)N1CCCCC1. The van der Waals surface area contributed by atoms with Crippen molar-refractivity contribution in [2.75, 3.05) is 13.1 Å². The van der Waals surface area contributed by atoms with E-state index in [0.29, 0.717) is 0 Å². The van der Waals surface area contributed by atoms with Crippen LogP contribution in [0.5, 0.6) is 0 Å². The lowest BCUT2D eigenvalue weighted by Gasteiger charge is -2.26. The fourth-order valence-corrected chi connectivity index (χ4v) is 2.94. The van der Waals surface area contributed by atoms with Gasteiger partial charge in [0, 0.05) is 13.1 Å². The predicted octanol–water partition coefficient (Wildman–Crippen LogP) is 3.14. The Morgan fingerprint density at radius 1 is 1.36 bits per heavy atom. The van der Waals surface area contributed by atoms with Crippen molar-refractivity contribution in [1.82, 2.24) is 4.90 Å². The third-order valence-electron chi connectivity index (χ3n) is 2.49. The molecule has 2 rings (SSSR count). The Labute approximate surface area is 96.0 Å². The van der Waals surface area contributed by atoms with Gasteiger partial charge in [-0.15, -0.1) is 11.3 Å². The van der Waals surface area contributed by atoms with Crippen molar-refractivity contribution in [3.63, 3.8) is 0 Å². The number of thiophene rings is 1. The minimum absolute atomic E-state index is 0.179. The van der Waals surface area contributed by atoms with Gasteiger partial charge in [-0.3, -0.25) is 4.79 Å². The highest BCUT2D eigenvalue weighted by Crippen LogP contribution is 2.25. The quantitative estimate of drug-likeness (QED) is 0.770. The number of nitrogens with zero attached hydrogens (tertiary/aromatic N) is 1. The third kappa shape index (κ3) is 2.01. The van der Waals surface area contributed by atoms with Gasteiger partial charge in [-0.05, 0) is 46.6 Å². The smallest absolute Gasteiger partial charge is 0.255 e. The molecule has 0 aliphatic carbocycles. The van der Waals surface area contributed by atoms with Crippen LogP contribution < -0.4 is 0 Å². The van der Waals surface area contributed by atoms with E-state index in [1.165, 1.54) is 6.42 Å². The first-order chi connectivity index (χ1) is 6.79. The Balaban J connectivity index is 2.11. The minimum Gasteiger partial charge on any atom is -0.339 e. The lowest BCUT2D eigenvalue weighted by Crippen LogP contribution is -2.35. The largest absolute Gasteiger partial charge is 0.339 e. The zero-order chi connectivity index (χ0) is 9.97. The van der Waals surface area contributed by atoms with Gasteiger partial charge < -0.3 is 4.90 Å². The molecule has 14 heavy (non-hydrogen) atoms. The second-order valence-corrected chi connectivity index (χ2v) is 5.69. The summed E-state index contributed by atoms with van der Waals surface area (Å²) in [5, 5.41) is 1.95. The van der Waals surface area contributed by atoms with E-state index >= 15 is 0 Å². The van der Waals surface area contributed by atoms with Gasteiger partial charge in [0.15, 0.2) is 0 Å². The van der Waals surface area contributed by atoms with Crippen LogP contribution in [-0.2, 0) is 0 Å². The molecule has 1 aliphatic rings. The third-order valence-corrected chi connectivity index (χ3v) is 4.18. The van der Waals surface area contributed by atoms with Crippen LogP contribution in [0.4, 0.5) is 0 Å². The molecule has 0 N–H and O–H groups in total. The van der Waals surface area contributed by atoms with Crippen molar-refractivity contribution in [3.05, 3.63) is 20.8 Å². The van der Waals surface area contributed by atoms with Crippen LogP contribution in [0.1, 0.15) is 29.6 Å². The van der Waals surface area contributed by atoms with Gasteiger partial charge in [0.1, 0.15) is 0 Å². The Bertz CT molecular complexity index is 331. The highest BCUT2D eigenvalue weighted by molar-refractivity contribution is 9.11. The van der Waals surface area contributed by atoms with E-state index in [2.05, 4.69) is 15.9 Å². The van der Waals surface area contributed by atoms with Crippen molar-refractivity contribution in [2.45, 2.75) is 19.3 Å². The van der Waals surface area contributed by atoms with Gasteiger partial charge in [0.25, 0.3) is 5.91 Å². The molecule has 0 atom stereocenters. The van der Waals surface area contributed by atoms with Crippen molar-refractivity contribution >= 4 is 33.2 Å². The summed E-state index contributed by atoms with van der Waals surface area (Å²) in [7, 11) is 0. The number of carbonyl (C=O) groups excluding carboxylic acids is 1. The molecular formula is C10H12BrNOS. The van der Waals surface area contributed by atoms with Gasteiger partial charge in [0.2, 0.25) is 0 Å². The predicted molar refractivity (Wildman–Crippen MR) is 61.8 cm³/mol. The molecular weight excluding hydrogens is 262 g/mol. The number of likely N-dealkylation sites (tertiary alicyclic amines) is 1. The number of halogens is 1. The molecule has 0 bridgehead atoms. The molecule has 1 aliphatic heterocycles. The lowest BCUT2D eigenvalue weighted by atomic mass is 10.1. The highest BCUT2D eigenvalue weighted by atomic mass is 79.9. The van der Waals surface area contributed by atoms with E-state index in [-0.39, 0.29) is 5.91 Å². The van der Waals surface area contributed by atoms with Crippen LogP contribution in [0, 0.1) is 0 Å². The first-order valence-electron chi connectivity index (χ1n) is 4.81. The molecule has 0 spiro atoms. The Hall–Kier alpha value is -0.350. The number of hydrogen-bond donors (Lipinski definition) is 0. The monoisotopic (exact) mass is 273 g/mol. The normalized spacial score (nSPS) is 17.1. The van der Waals surface area contributed by atoms with Crippen molar-refractivity contribution in [2.24, 2.45) is 0 Å². The molecule has 0 saturated carbocycles. The van der Waals surface area contributed by atoms with Crippen LogP contribution in [0.2, 0.25) is 0 Å². The average molecular weight is 274 g/mol. The van der Waals surface area contributed by atoms with E-state index in [9.17, 15) is 4.79 Å². The van der Waals surface area contributed by atoms with Crippen LogP contribution >= 0.6 is 27.3 Å². The molecule has 1 saturated heterocycles. The van der Waals surface area contributed by atoms with Crippen molar-refractivity contribution in [1.29, 1.82) is 0 Å². The summed E-state index contributed by atoms with van der Waals surface area (Å²) in [5.41, 5.74) is 0.817. The first-order valence-corrected chi connectivity index (χ1v) is 6.48. The second kappa shape index (κ2) is 4.45. The summed E-state index contributed by atoms with van der Waals surface area (Å²) in [4.78, 5) is 13.9. The van der Waals surface area contributed by atoms with E-state index < -0.39 is 0 Å². The molecule has 1 amide bonds. The van der Waals surface area contributed by atoms with Crippen LogP contribution in [-0.4, -0.2) is 23.9 Å². The van der Waals surface area contributed by atoms with Crippen molar-refractivity contribution in [3.8, 4) is 0 Å². The second-order valence-electron chi connectivity index (χ2n) is 3.46. The standard InChI is InChI=1S/C10H12BrNOS/c11-9-8(4-7-14-9)10(13)12-5-2-1-3-6-12/h4,7H,1-3,5-6H2. The molecule has 1 aromatic heterocycles. The summed E-state index contributed by atoms with van der Waals surface area (Å²) in [6, 6.07) is 1.89. The zero-order valence-electron chi connectivity index (χ0n) is 7.83. The minimum atomic E-state index is 0.179. The van der Waals surface area contributed by atoms with Crippen LogP contribution in [0.15, 0.2) is 15.2 Å². The van der Waals surface area contributed by atoms with Gasteiger partial charge in [0.05, 0.1) is 9.35 Å². The average Bonchev–Trinajstić information content (AvgIpc) is 2.65. The fraction of sp³-hybridized carbons (Fsp3) is 0.500. The molecule has 2 nitrogen and oxygen atoms in total. The topological polar surface area (TPSA) is 20.3 Å². The highest BCUT2D eigenvalue weighted by Gasteiger charge is 2.20. The Kier molecular flexibility index (Phi) is 3.23. The molecule has 0 radical (unpaired) electrons. The maximum Gasteiger partial charge on any atom is 0.255 e. The van der Waals surface area contributed by atoms with Gasteiger partial charge in [-0.25, -0.2) is 0 Å². The van der Waals surface area contributed by atoms with Gasteiger partial charge in [-0.1, -0.05) is 0 Å². The number of hydrogen-bond acceptors (Lipinski definition) is 2. The molecule has 4 heteroatoms. The first kappa shape index (κ1) is 10.2. The van der Waals surface area contributed by atoms with E-state index in [1.54, 1.807) is 11.3 Å².